The van der Waals surface area contributed by atoms with Gasteiger partial charge in [-0.2, -0.15) is 0 Å². The Bertz CT molecular complexity index is 459. The third-order valence-corrected chi connectivity index (χ3v) is 2.95. The minimum absolute atomic E-state index is 0.0177. The molecule has 0 heterocycles. The number of carbonyl (C=O) groups excluding carboxylic acids is 2. The summed E-state index contributed by atoms with van der Waals surface area (Å²) in [6, 6.07) is 7.64. The van der Waals surface area contributed by atoms with E-state index in [1.54, 1.807) is 0 Å². The molecular weight excluding hydrogens is 258 g/mol. The second kappa shape index (κ2) is 8.19. The number of hydrogen-bond donors (Lipinski definition) is 0. The van der Waals surface area contributed by atoms with Gasteiger partial charge in [0.05, 0.1) is 20.1 Å². The van der Waals surface area contributed by atoms with Gasteiger partial charge in [0.2, 0.25) is 5.91 Å². The van der Waals surface area contributed by atoms with Crippen molar-refractivity contribution in [1.29, 1.82) is 0 Å². The van der Waals surface area contributed by atoms with E-state index in [0.29, 0.717) is 13.2 Å². The molecule has 0 N–H and O–H groups in total. The number of rotatable bonds is 7. The molecule has 0 aromatic heterocycles. The Hall–Kier alpha value is -2.04. The third-order valence-electron chi connectivity index (χ3n) is 2.95. The molecule has 0 unspecified atom stereocenters. The van der Waals surface area contributed by atoms with Crippen LogP contribution in [0.3, 0.4) is 0 Å². The number of hydrogen-bond acceptors (Lipinski definition) is 4. The third kappa shape index (κ3) is 4.91. The van der Waals surface area contributed by atoms with E-state index in [4.69, 9.17) is 4.74 Å². The summed E-state index contributed by atoms with van der Waals surface area (Å²) < 4.78 is 10.1. The van der Waals surface area contributed by atoms with Crippen molar-refractivity contribution in [1.82, 2.24) is 4.90 Å². The normalized spacial score (nSPS) is 9.95. The lowest BCUT2D eigenvalue weighted by molar-refractivity contribution is -0.147. The highest BCUT2D eigenvalue weighted by atomic mass is 16.5. The molecule has 110 valence electrons. The van der Waals surface area contributed by atoms with Crippen molar-refractivity contribution in [3.05, 3.63) is 29.8 Å². The Morgan fingerprint density at radius 2 is 1.95 bits per heavy atom. The van der Waals surface area contributed by atoms with Gasteiger partial charge in [-0.05, 0) is 25.5 Å². The van der Waals surface area contributed by atoms with Crippen LogP contribution < -0.4 is 4.74 Å². The van der Waals surface area contributed by atoms with Gasteiger partial charge >= 0.3 is 5.97 Å². The summed E-state index contributed by atoms with van der Waals surface area (Å²) in [5, 5.41) is 0. The molecule has 0 bridgehead atoms. The molecule has 0 aliphatic rings. The maximum absolute atomic E-state index is 11.9. The maximum atomic E-state index is 11.9. The van der Waals surface area contributed by atoms with E-state index < -0.39 is 5.97 Å². The highest BCUT2D eigenvalue weighted by Crippen LogP contribution is 2.16. The zero-order chi connectivity index (χ0) is 15.0. The number of methoxy groups -OCH3 is 1. The smallest absolute Gasteiger partial charge is 0.325 e. The topological polar surface area (TPSA) is 55.8 Å². The predicted octanol–water partition coefficient (Wildman–Crippen LogP) is 1.79. The van der Waals surface area contributed by atoms with Gasteiger partial charge in [-0.1, -0.05) is 18.2 Å². The quantitative estimate of drug-likeness (QED) is 0.714. The fourth-order valence-corrected chi connectivity index (χ4v) is 1.72. The molecule has 0 saturated heterocycles. The Balaban J connectivity index is 2.42. The Labute approximate surface area is 119 Å². The van der Waals surface area contributed by atoms with Gasteiger partial charge < -0.3 is 14.4 Å². The van der Waals surface area contributed by atoms with Crippen molar-refractivity contribution in [3.63, 3.8) is 0 Å². The van der Waals surface area contributed by atoms with Gasteiger partial charge in [0.25, 0.3) is 0 Å². The van der Waals surface area contributed by atoms with E-state index in [0.717, 1.165) is 11.3 Å². The van der Waals surface area contributed by atoms with Crippen molar-refractivity contribution in [2.24, 2.45) is 0 Å². The van der Waals surface area contributed by atoms with Crippen LogP contribution in [0.4, 0.5) is 0 Å². The van der Waals surface area contributed by atoms with Gasteiger partial charge in [0, 0.05) is 6.54 Å². The van der Waals surface area contributed by atoms with Crippen molar-refractivity contribution < 1.29 is 19.1 Å². The summed E-state index contributed by atoms with van der Waals surface area (Å²) in [5.74, 6) is 0.239. The molecule has 0 spiro atoms. The largest absolute Gasteiger partial charge is 0.493 e. The van der Waals surface area contributed by atoms with Crippen LogP contribution in [0.15, 0.2) is 24.3 Å². The fourth-order valence-electron chi connectivity index (χ4n) is 1.72. The molecule has 0 aliphatic carbocycles. The minimum atomic E-state index is -0.417. The first-order valence-corrected chi connectivity index (χ1v) is 6.61. The van der Waals surface area contributed by atoms with Gasteiger partial charge in [0.1, 0.15) is 12.3 Å². The van der Waals surface area contributed by atoms with Crippen molar-refractivity contribution in [3.8, 4) is 5.75 Å². The highest BCUT2D eigenvalue weighted by Gasteiger charge is 2.15. The van der Waals surface area contributed by atoms with E-state index in [-0.39, 0.29) is 18.9 Å². The SMILES string of the molecule is CCN(CC(=O)OC)C(=O)CCOc1ccccc1C. The zero-order valence-corrected chi connectivity index (χ0v) is 12.2. The van der Waals surface area contributed by atoms with Crippen LogP contribution >= 0.6 is 0 Å². The molecule has 0 radical (unpaired) electrons. The van der Waals surface area contributed by atoms with E-state index in [9.17, 15) is 9.59 Å². The van der Waals surface area contributed by atoms with Crippen molar-refractivity contribution in [2.75, 3.05) is 26.8 Å². The summed E-state index contributed by atoms with van der Waals surface area (Å²) >= 11 is 0. The van der Waals surface area contributed by atoms with E-state index in [1.165, 1.54) is 12.0 Å². The van der Waals surface area contributed by atoms with E-state index in [2.05, 4.69) is 4.74 Å². The predicted molar refractivity (Wildman–Crippen MR) is 75.6 cm³/mol. The number of benzene rings is 1. The molecule has 1 aromatic carbocycles. The van der Waals surface area contributed by atoms with Crippen molar-refractivity contribution in [2.45, 2.75) is 20.3 Å². The maximum Gasteiger partial charge on any atom is 0.325 e. The number of esters is 1. The first kappa shape index (κ1) is 16.0. The Morgan fingerprint density at radius 1 is 1.25 bits per heavy atom. The summed E-state index contributed by atoms with van der Waals surface area (Å²) in [7, 11) is 1.31. The average Bonchev–Trinajstić information content (AvgIpc) is 2.46. The lowest BCUT2D eigenvalue weighted by Gasteiger charge is -2.19. The van der Waals surface area contributed by atoms with Crippen LogP contribution in [-0.2, 0) is 14.3 Å². The molecule has 1 aromatic rings. The monoisotopic (exact) mass is 279 g/mol. The zero-order valence-electron chi connectivity index (χ0n) is 12.2. The number of likely N-dealkylation sites (N-methyl/N-ethyl adjacent to an activating group) is 1. The lowest BCUT2D eigenvalue weighted by atomic mass is 10.2. The first-order chi connectivity index (χ1) is 9.58. The summed E-state index contributed by atoms with van der Waals surface area (Å²) in [5.41, 5.74) is 1.03. The summed E-state index contributed by atoms with van der Waals surface area (Å²) in [6.45, 7) is 4.52. The number of para-hydroxylation sites is 1. The Morgan fingerprint density at radius 3 is 2.55 bits per heavy atom. The highest BCUT2D eigenvalue weighted by molar-refractivity contribution is 5.82. The number of aryl methyl sites for hydroxylation is 1. The molecule has 1 amide bonds. The molecule has 5 nitrogen and oxygen atoms in total. The average molecular weight is 279 g/mol. The second-order valence-electron chi connectivity index (χ2n) is 4.35. The van der Waals surface area contributed by atoms with E-state index in [1.807, 2.05) is 38.1 Å². The molecule has 0 saturated carbocycles. The molecule has 0 fully saturated rings. The number of carbonyl (C=O) groups is 2. The number of amides is 1. The number of ether oxygens (including phenoxy) is 2. The van der Waals surface area contributed by atoms with Crippen LogP contribution in [0.25, 0.3) is 0 Å². The molecule has 5 heteroatoms. The molecule has 0 atom stereocenters. The van der Waals surface area contributed by atoms with Crippen LogP contribution in [0, 0.1) is 6.92 Å². The first-order valence-electron chi connectivity index (χ1n) is 6.61. The minimum Gasteiger partial charge on any atom is -0.493 e. The molecule has 1 rings (SSSR count). The van der Waals surface area contributed by atoms with Gasteiger partial charge in [0.15, 0.2) is 0 Å². The van der Waals surface area contributed by atoms with Gasteiger partial charge in [-0.3, -0.25) is 9.59 Å². The molecule has 0 aliphatic heterocycles. The van der Waals surface area contributed by atoms with Crippen LogP contribution in [0.1, 0.15) is 18.9 Å². The van der Waals surface area contributed by atoms with Crippen LogP contribution in [0.5, 0.6) is 5.75 Å². The lowest BCUT2D eigenvalue weighted by Crippen LogP contribution is -2.36. The molecule has 20 heavy (non-hydrogen) atoms. The second-order valence-corrected chi connectivity index (χ2v) is 4.35. The summed E-state index contributed by atoms with van der Waals surface area (Å²) in [6.07, 6.45) is 0.235. The van der Waals surface area contributed by atoms with Gasteiger partial charge in [-0.25, -0.2) is 0 Å². The molecular formula is C15H21NO4. The Kier molecular flexibility index (Phi) is 6.56. The summed E-state index contributed by atoms with van der Waals surface area (Å²) in [4.78, 5) is 24.6. The van der Waals surface area contributed by atoms with E-state index >= 15 is 0 Å². The standard InChI is InChI=1S/C15H21NO4/c1-4-16(11-15(18)19-3)14(17)9-10-20-13-8-6-5-7-12(13)2/h5-8H,4,9-11H2,1-3H3. The number of nitrogens with zero attached hydrogens (tertiary/aromatic N) is 1. The van der Waals surface area contributed by atoms with Crippen molar-refractivity contribution >= 4 is 11.9 Å². The van der Waals surface area contributed by atoms with Crippen LogP contribution in [-0.4, -0.2) is 43.6 Å². The van der Waals surface area contributed by atoms with Gasteiger partial charge in [-0.15, -0.1) is 0 Å². The van der Waals surface area contributed by atoms with Crippen LogP contribution in [0.2, 0.25) is 0 Å². The fraction of sp³-hybridized carbons (Fsp3) is 0.467.